The van der Waals surface area contributed by atoms with Crippen LogP contribution < -0.4 is 14.4 Å². The number of sulfonamides is 1. The van der Waals surface area contributed by atoms with Crippen LogP contribution in [-0.2, 0) is 21.2 Å². The van der Waals surface area contributed by atoms with E-state index >= 15 is 0 Å². The standard InChI is InChI=1S/C24H26N4O5S/c1-4-18-23(24-25-21(29)13-14-22(30)28(24)26-18)16-11-12-19(33-3)20(15-16)34(31,32)27(5-2)17-9-7-6-8-10-17/h6-12,15H,4-5,13-14H2,1-3H3,(H,25,29). The van der Waals surface area contributed by atoms with Gasteiger partial charge in [0.15, 0.2) is 0 Å². The van der Waals surface area contributed by atoms with Crippen LogP contribution >= 0.6 is 0 Å². The maximum Gasteiger partial charge on any atom is 0.268 e. The molecule has 34 heavy (non-hydrogen) atoms. The highest BCUT2D eigenvalue weighted by Crippen LogP contribution is 2.38. The normalized spacial score (nSPS) is 13.7. The number of carbonyl (C=O) groups is 2. The number of hydrogen-bond donors (Lipinski definition) is 1. The first-order chi connectivity index (χ1) is 16.3. The minimum Gasteiger partial charge on any atom is -0.495 e. The Kier molecular flexibility index (Phi) is 6.43. The molecule has 1 aromatic heterocycles. The van der Waals surface area contributed by atoms with Crippen LogP contribution in [-0.4, -0.2) is 43.7 Å². The Morgan fingerprint density at radius 1 is 1.09 bits per heavy atom. The van der Waals surface area contributed by atoms with Crippen molar-refractivity contribution in [3.8, 4) is 16.9 Å². The van der Waals surface area contributed by atoms with Crippen molar-refractivity contribution in [3.63, 3.8) is 0 Å². The van der Waals surface area contributed by atoms with E-state index in [1.165, 1.54) is 22.2 Å². The molecule has 10 heteroatoms. The molecule has 2 aromatic carbocycles. The van der Waals surface area contributed by atoms with E-state index in [1.54, 1.807) is 43.3 Å². The lowest BCUT2D eigenvalue weighted by Gasteiger charge is -2.24. The van der Waals surface area contributed by atoms with E-state index < -0.39 is 10.0 Å². The number of nitrogens with one attached hydrogen (secondary N) is 1. The highest BCUT2D eigenvalue weighted by Gasteiger charge is 2.31. The zero-order valence-electron chi connectivity index (χ0n) is 19.2. The highest BCUT2D eigenvalue weighted by molar-refractivity contribution is 7.93. The molecule has 0 radical (unpaired) electrons. The summed E-state index contributed by atoms with van der Waals surface area (Å²) < 4.78 is 35.5. The van der Waals surface area contributed by atoms with Crippen LogP contribution in [0, 0.1) is 0 Å². The number of benzene rings is 2. The molecule has 0 bridgehead atoms. The zero-order chi connectivity index (χ0) is 24.5. The average Bonchev–Trinajstić information content (AvgIpc) is 3.14. The van der Waals surface area contributed by atoms with Crippen molar-refractivity contribution >= 4 is 33.3 Å². The van der Waals surface area contributed by atoms with E-state index in [0.717, 1.165) is 0 Å². The SMILES string of the molecule is CCc1nn2c(c1-c1ccc(OC)c(S(=O)(=O)N(CC)c3ccccc3)c1)NC(=O)CCC2=O. The largest absolute Gasteiger partial charge is 0.495 e. The molecule has 0 spiro atoms. The van der Waals surface area contributed by atoms with Gasteiger partial charge in [-0.2, -0.15) is 9.78 Å². The lowest BCUT2D eigenvalue weighted by molar-refractivity contribution is -0.116. The zero-order valence-corrected chi connectivity index (χ0v) is 20.1. The number of amides is 1. The molecule has 0 fully saturated rings. The predicted octanol–water partition coefficient (Wildman–Crippen LogP) is 3.71. The molecular formula is C24H26N4O5S. The number of hydrogen-bond acceptors (Lipinski definition) is 6. The number of nitrogens with zero attached hydrogens (tertiary/aromatic N) is 3. The van der Waals surface area contributed by atoms with E-state index in [4.69, 9.17) is 4.74 Å². The van der Waals surface area contributed by atoms with Crippen LogP contribution in [0.25, 0.3) is 11.1 Å². The quantitative estimate of drug-likeness (QED) is 0.550. The van der Waals surface area contributed by atoms with Crippen molar-refractivity contribution in [1.29, 1.82) is 0 Å². The third-order valence-electron chi connectivity index (χ3n) is 5.70. The second kappa shape index (κ2) is 9.30. The summed E-state index contributed by atoms with van der Waals surface area (Å²) in [5.74, 6) is -0.141. The van der Waals surface area contributed by atoms with Gasteiger partial charge in [-0.05, 0) is 43.2 Å². The van der Waals surface area contributed by atoms with Gasteiger partial charge < -0.3 is 10.1 Å². The third-order valence-corrected chi connectivity index (χ3v) is 7.63. The number of rotatable bonds is 7. The fourth-order valence-electron chi connectivity index (χ4n) is 4.07. The van der Waals surface area contributed by atoms with Gasteiger partial charge >= 0.3 is 0 Å². The molecule has 0 unspecified atom stereocenters. The molecule has 178 valence electrons. The molecule has 3 aromatic rings. The van der Waals surface area contributed by atoms with Crippen molar-refractivity contribution in [2.75, 3.05) is 23.3 Å². The monoisotopic (exact) mass is 482 g/mol. The maximum atomic E-state index is 13.8. The minimum atomic E-state index is -4.00. The van der Waals surface area contributed by atoms with Crippen LogP contribution in [0.15, 0.2) is 53.4 Å². The summed E-state index contributed by atoms with van der Waals surface area (Å²) in [6.45, 7) is 3.86. The fraction of sp³-hybridized carbons (Fsp3) is 0.292. The van der Waals surface area contributed by atoms with Crippen LogP contribution in [0.2, 0.25) is 0 Å². The van der Waals surface area contributed by atoms with Crippen LogP contribution in [0.3, 0.4) is 0 Å². The molecule has 9 nitrogen and oxygen atoms in total. The number of para-hydroxylation sites is 1. The van der Waals surface area contributed by atoms with Crippen LogP contribution in [0.5, 0.6) is 5.75 Å². The number of carbonyl (C=O) groups excluding carboxylic acids is 2. The number of ether oxygens (including phenoxy) is 1. The van der Waals surface area contributed by atoms with E-state index in [2.05, 4.69) is 10.4 Å². The molecule has 0 saturated heterocycles. The Balaban J connectivity index is 1.91. The van der Waals surface area contributed by atoms with Crippen LogP contribution in [0.4, 0.5) is 11.5 Å². The first kappa shape index (κ1) is 23.5. The molecule has 1 amide bonds. The Morgan fingerprint density at radius 2 is 1.82 bits per heavy atom. The Labute approximate surface area is 198 Å². The van der Waals surface area contributed by atoms with E-state index in [0.29, 0.717) is 28.9 Å². The van der Waals surface area contributed by atoms with Gasteiger partial charge in [-0.3, -0.25) is 13.9 Å². The minimum absolute atomic E-state index is 0.0218. The van der Waals surface area contributed by atoms with Gasteiger partial charge in [0.25, 0.3) is 10.0 Å². The third kappa shape index (κ3) is 4.05. The summed E-state index contributed by atoms with van der Waals surface area (Å²) in [6, 6.07) is 13.6. The number of aromatic nitrogens is 2. The first-order valence-corrected chi connectivity index (χ1v) is 12.5. The van der Waals surface area contributed by atoms with Gasteiger partial charge in [-0.25, -0.2) is 8.42 Å². The van der Waals surface area contributed by atoms with E-state index in [-0.39, 0.29) is 47.7 Å². The molecule has 1 N–H and O–H groups in total. The van der Waals surface area contributed by atoms with Gasteiger partial charge in [0, 0.05) is 24.9 Å². The molecule has 2 heterocycles. The van der Waals surface area contributed by atoms with Gasteiger partial charge in [-0.1, -0.05) is 31.2 Å². The molecular weight excluding hydrogens is 456 g/mol. The number of aryl methyl sites for hydroxylation is 1. The summed E-state index contributed by atoms with van der Waals surface area (Å²) in [5, 5.41) is 7.19. The average molecular weight is 483 g/mol. The lowest BCUT2D eigenvalue weighted by Crippen LogP contribution is -2.31. The van der Waals surface area contributed by atoms with Crippen molar-refractivity contribution in [1.82, 2.24) is 9.78 Å². The molecule has 1 aliphatic rings. The predicted molar refractivity (Wildman–Crippen MR) is 129 cm³/mol. The van der Waals surface area contributed by atoms with E-state index in [1.807, 2.05) is 13.0 Å². The molecule has 0 aliphatic carbocycles. The first-order valence-electron chi connectivity index (χ1n) is 11.0. The fourth-order valence-corrected chi connectivity index (χ4v) is 5.73. The Bertz CT molecular complexity index is 1350. The second-order valence-corrected chi connectivity index (χ2v) is 9.58. The van der Waals surface area contributed by atoms with Gasteiger partial charge in [-0.15, -0.1) is 0 Å². The van der Waals surface area contributed by atoms with Crippen molar-refractivity contribution in [2.45, 2.75) is 38.0 Å². The van der Waals surface area contributed by atoms with Gasteiger partial charge in [0.2, 0.25) is 11.8 Å². The van der Waals surface area contributed by atoms with Crippen molar-refractivity contribution in [2.24, 2.45) is 0 Å². The van der Waals surface area contributed by atoms with Gasteiger partial charge in [0.1, 0.15) is 16.5 Å². The van der Waals surface area contributed by atoms with Crippen LogP contribution in [0.1, 0.15) is 37.2 Å². The highest BCUT2D eigenvalue weighted by atomic mass is 32.2. The Hall–Kier alpha value is -3.66. The van der Waals surface area contributed by atoms with Crippen molar-refractivity contribution in [3.05, 3.63) is 54.2 Å². The van der Waals surface area contributed by atoms with Gasteiger partial charge in [0.05, 0.1) is 18.5 Å². The number of anilines is 2. The van der Waals surface area contributed by atoms with Crippen molar-refractivity contribution < 1.29 is 22.7 Å². The summed E-state index contributed by atoms with van der Waals surface area (Å²) in [7, 11) is -2.59. The lowest BCUT2D eigenvalue weighted by atomic mass is 10.0. The Morgan fingerprint density at radius 3 is 2.47 bits per heavy atom. The summed E-state index contributed by atoms with van der Waals surface area (Å²) >= 11 is 0. The molecule has 0 atom stereocenters. The second-order valence-electron chi connectivity index (χ2n) is 7.75. The molecule has 1 aliphatic heterocycles. The maximum absolute atomic E-state index is 13.8. The number of fused-ring (bicyclic) bond motifs is 1. The molecule has 4 rings (SSSR count). The molecule has 0 saturated carbocycles. The number of methoxy groups -OCH3 is 1. The summed E-state index contributed by atoms with van der Waals surface area (Å²) in [6.07, 6.45) is 0.597. The summed E-state index contributed by atoms with van der Waals surface area (Å²) in [4.78, 5) is 24.8. The summed E-state index contributed by atoms with van der Waals surface area (Å²) in [5.41, 5.74) is 2.14. The topological polar surface area (TPSA) is 111 Å². The smallest absolute Gasteiger partial charge is 0.268 e. The van der Waals surface area contributed by atoms with E-state index in [9.17, 15) is 18.0 Å².